The lowest BCUT2D eigenvalue weighted by molar-refractivity contribution is -0.112. The van der Waals surface area contributed by atoms with Crippen LogP contribution in [-0.4, -0.2) is 16.3 Å². The minimum absolute atomic E-state index is 0.321. The minimum atomic E-state index is -0.731. The lowest BCUT2D eigenvalue weighted by atomic mass is 10.1. The molecule has 0 bridgehead atoms. The van der Waals surface area contributed by atoms with E-state index in [0.717, 1.165) is 5.56 Å². The molecule has 0 radical (unpaired) electrons. The fourth-order valence-electron chi connectivity index (χ4n) is 2.83. The third-order valence-electron chi connectivity index (χ3n) is 4.44. The summed E-state index contributed by atoms with van der Waals surface area (Å²) in [4.78, 5) is 25.0. The van der Waals surface area contributed by atoms with Gasteiger partial charge in [-0.3, -0.25) is 9.59 Å². The first-order valence-corrected chi connectivity index (χ1v) is 8.55. The van der Waals surface area contributed by atoms with Gasteiger partial charge in [0.1, 0.15) is 0 Å². The van der Waals surface area contributed by atoms with E-state index in [1.165, 1.54) is 17.2 Å². The first-order valence-electron chi connectivity index (χ1n) is 8.55. The fourth-order valence-corrected chi connectivity index (χ4v) is 2.83. The Morgan fingerprint density at radius 1 is 1.04 bits per heavy atom. The molecule has 5 heteroatoms. The van der Waals surface area contributed by atoms with Crippen LogP contribution in [0.3, 0.4) is 0 Å². The molecule has 5 nitrogen and oxygen atoms in total. The van der Waals surface area contributed by atoms with E-state index in [0.29, 0.717) is 23.5 Å². The topological polar surface area (TPSA) is 74.9 Å². The number of nitrogens with one attached hydrogen (secondary N) is 1. The van der Waals surface area contributed by atoms with Crippen LogP contribution in [0.15, 0.2) is 60.8 Å². The number of aromatic nitrogens is 1. The molecular formula is C22H19N3O2. The van der Waals surface area contributed by atoms with Crippen molar-refractivity contribution >= 4 is 17.4 Å². The number of carbonyl (C=O) groups is 2. The van der Waals surface area contributed by atoms with Gasteiger partial charge >= 0.3 is 0 Å². The SMILES string of the molecule is Cc1ccc(Cn2cccc2C(=O)C(=O)Nc2cccc(C#N)c2)cc1C. The zero-order valence-electron chi connectivity index (χ0n) is 15.2. The maximum atomic E-state index is 12.6. The summed E-state index contributed by atoms with van der Waals surface area (Å²) in [5.74, 6) is -1.35. The number of hydrogen-bond donors (Lipinski definition) is 1. The predicted molar refractivity (Wildman–Crippen MR) is 104 cm³/mol. The van der Waals surface area contributed by atoms with Crippen LogP contribution in [0.25, 0.3) is 0 Å². The number of amides is 1. The molecule has 1 amide bonds. The van der Waals surface area contributed by atoms with Crippen LogP contribution >= 0.6 is 0 Å². The molecule has 0 saturated heterocycles. The van der Waals surface area contributed by atoms with E-state index >= 15 is 0 Å². The van der Waals surface area contributed by atoms with Gasteiger partial charge in [-0.2, -0.15) is 5.26 Å². The van der Waals surface area contributed by atoms with Gasteiger partial charge in [-0.05, 0) is 60.9 Å². The molecule has 2 aromatic carbocycles. The van der Waals surface area contributed by atoms with Gasteiger partial charge in [0, 0.05) is 18.4 Å². The summed E-state index contributed by atoms with van der Waals surface area (Å²) in [7, 11) is 0. The van der Waals surface area contributed by atoms with Gasteiger partial charge in [0.25, 0.3) is 11.7 Å². The third-order valence-corrected chi connectivity index (χ3v) is 4.44. The molecule has 0 spiro atoms. The van der Waals surface area contributed by atoms with Gasteiger partial charge < -0.3 is 9.88 Å². The smallest absolute Gasteiger partial charge is 0.298 e. The van der Waals surface area contributed by atoms with E-state index in [-0.39, 0.29) is 0 Å². The van der Waals surface area contributed by atoms with Gasteiger partial charge in [-0.15, -0.1) is 0 Å². The van der Waals surface area contributed by atoms with Crippen LogP contribution in [0, 0.1) is 25.2 Å². The largest absolute Gasteiger partial charge is 0.340 e. The number of rotatable bonds is 5. The van der Waals surface area contributed by atoms with E-state index in [4.69, 9.17) is 5.26 Å². The second kappa shape index (κ2) is 7.71. The standard InChI is InChI=1S/C22H19N3O2/c1-15-8-9-18(11-16(15)2)14-25-10-4-7-20(25)21(26)22(27)24-19-6-3-5-17(12-19)13-23/h3-12H,14H2,1-2H3,(H,24,27). The van der Waals surface area contributed by atoms with Crippen LogP contribution in [0.1, 0.15) is 32.7 Å². The van der Waals surface area contributed by atoms with Crippen LogP contribution in [0.4, 0.5) is 5.69 Å². The maximum absolute atomic E-state index is 12.6. The van der Waals surface area contributed by atoms with Gasteiger partial charge in [0.05, 0.1) is 17.3 Å². The van der Waals surface area contributed by atoms with Gasteiger partial charge in [0.2, 0.25) is 0 Å². The van der Waals surface area contributed by atoms with Crippen molar-refractivity contribution in [2.45, 2.75) is 20.4 Å². The summed E-state index contributed by atoms with van der Waals surface area (Å²) in [5.41, 5.74) is 4.61. The highest BCUT2D eigenvalue weighted by Gasteiger charge is 2.20. The number of benzene rings is 2. The normalized spacial score (nSPS) is 10.3. The lowest BCUT2D eigenvalue weighted by Gasteiger charge is -2.11. The monoisotopic (exact) mass is 357 g/mol. The van der Waals surface area contributed by atoms with Crippen LogP contribution in [0.5, 0.6) is 0 Å². The number of aryl methyl sites for hydroxylation is 2. The molecule has 0 aliphatic rings. The van der Waals surface area contributed by atoms with Gasteiger partial charge in [-0.1, -0.05) is 24.3 Å². The highest BCUT2D eigenvalue weighted by Crippen LogP contribution is 2.15. The Bertz CT molecular complexity index is 1060. The van der Waals surface area contributed by atoms with Crippen LogP contribution in [-0.2, 0) is 11.3 Å². The van der Waals surface area contributed by atoms with Crippen molar-refractivity contribution in [1.82, 2.24) is 4.57 Å². The average Bonchev–Trinajstić information content (AvgIpc) is 3.12. The first-order chi connectivity index (χ1) is 13.0. The summed E-state index contributed by atoms with van der Waals surface area (Å²) in [6, 6.07) is 18.0. The Hall–Kier alpha value is -3.65. The molecular weight excluding hydrogens is 338 g/mol. The number of ketones is 1. The Balaban J connectivity index is 1.77. The highest BCUT2D eigenvalue weighted by molar-refractivity contribution is 6.46. The summed E-state index contributed by atoms with van der Waals surface area (Å²) in [5, 5.41) is 11.5. The van der Waals surface area contributed by atoms with Crippen molar-refractivity contribution in [1.29, 1.82) is 5.26 Å². The molecule has 1 N–H and O–H groups in total. The number of nitriles is 1. The Labute approximate surface area is 157 Å². The maximum Gasteiger partial charge on any atom is 0.298 e. The molecule has 0 atom stereocenters. The number of hydrogen-bond acceptors (Lipinski definition) is 3. The predicted octanol–water partition coefficient (Wildman–Crippen LogP) is 3.85. The number of Topliss-reactive ketones (excluding diaryl/α,β-unsaturated/α-hetero) is 1. The molecule has 3 aromatic rings. The Morgan fingerprint density at radius 2 is 1.85 bits per heavy atom. The van der Waals surface area contributed by atoms with Crippen molar-refractivity contribution in [3.63, 3.8) is 0 Å². The fraction of sp³-hybridized carbons (Fsp3) is 0.136. The van der Waals surface area contributed by atoms with Crippen molar-refractivity contribution in [3.05, 3.63) is 88.7 Å². The Morgan fingerprint density at radius 3 is 2.59 bits per heavy atom. The van der Waals surface area contributed by atoms with Crippen molar-refractivity contribution in [2.75, 3.05) is 5.32 Å². The first kappa shape index (κ1) is 18.2. The summed E-state index contributed by atoms with van der Waals surface area (Å²) in [6.07, 6.45) is 1.78. The summed E-state index contributed by atoms with van der Waals surface area (Å²) in [6.45, 7) is 4.60. The minimum Gasteiger partial charge on any atom is -0.340 e. The molecule has 134 valence electrons. The molecule has 1 heterocycles. The molecule has 3 rings (SSSR count). The number of carbonyl (C=O) groups excluding carboxylic acids is 2. The average molecular weight is 357 g/mol. The molecule has 0 aliphatic carbocycles. The number of anilines is 1. The highest BCUT2D eigenvalue weighted by atomic mass is 16.2. The summed E-state index contributed by atoms with van der Waals surface area (Å²) >= 11 is 0. The van der Waals surface area contributed by atoms with Gasteiger partial charge in [-0.25, -0.2) is 0 Å². The van der Waals surface area contributed by atoms with Crippen LogP contribution in [0.2, 0.25) is 0 Å². The zero-order valence-corrected chi connectivity index (χ0v) is 15.2. The molecule has 0 saturated carbocycles. The zero-order chi connectivity index (χ0) is 19.4. The Kier molecular flexibility index (Phi) is 5.18. The van der Waals surface area contributed by atoms with Crippen molar-refractivity contribution in [2.24, 2.45) is 0 Å². The molecule has 0 aliphatic heterocycles. The lowest BCUT2D eigenvalue weighted by Crippen LogP contribution is -2.25. The van der Waals surface area contributed by atoms with Gasteiger partial charge in [0.15, 0.2) is 0 Å². The molecule has 1 aromatic heterocycles. The molecule has 0 unspecified atom stereocenters. The van der Waals surface area contributed by atoms with Crippen molar-refractivity contribution in [3.8, 4) is 6.07 Å². The number of nitrogens with zero attached hydrogens (tertiary/aromatic N) is 2. The van der Waals surface area contributed by atoms with E-state index in [1.807, 2.05) is 25.1 Å². The van der Waals surface area contributed by atoms with E-state index < -0.39 is 11.7 Å². The van der Waals surface area contributed by atoms with E-state index in [2.05, 4.69) is 18.3 Å². The second-order valence-electron chi connectivity index (χ2n) is 6.42. The quantitative estimate of drug-likeness (QED) is 0.557. The van der Waals surface area contributed by atoms with Crippen molar-refractivity contribution < 1.29 is 9.59 Å². The van der Waals surface area contributed by atoms with E-state index in [9.17, 15) is 9.59 Å². The molecule has 0 fully saturated rings. The molecule has 27 heavy (non-hydrogen) atoms. The third kappa shape index (κ3) is 4.13. The summed E-state index contributed by atoms with van der Waals surface area (Å²) < 4.78 is 1.76. The van der Waals surface area contributed by atoms with Crippen LogP contribution < -0.4 is 5.32 Å². The second-order valence-corrected chi connectivity index (χ2v) is 6.42. The van der Waals surface area contributed by atoms with E-state index in [1.54, 1.807) is 41.1 Å².